The van der Waals surface area contributed by atoms with E-state index >= 15 is 0 Å². The van der Waals surface area contributed by atoms with Crippen molar-refractivity contribution in [1.82, 2.24) is 20.4 Å². The van der Waals surface area contributed by atoms with Crippen LogP contribution >= 0.6 is 11.6 Å². The molecule has 112 valence electrons. The van der Waals surface area contributed by atoms with E-state index in [2.05, 4.69) is 27.3 Å². The van der Waals surface area contributed by atoms with Crippen LogP contribution in [0.3, 0.4) is 0 Å². The Balaban J connectivity index is 1.61. The van der Waals surface area contributed by atoms with Gasteiger partial charge in [0.15, 0.2) is 0 Å². The van der Waals surface area contributed by atoms with Crippen LogP contribution in [0, 0.1) is 0 Å². The van der Waals surface area contributed by atoms with E-state index in [0.717, 1.165) is 38.2 Å². The lowest BCUT2D eigenvalue weighted by molar-refractivity contribution is 0.171. The van der Waals surface area contributed by atoms with Crippen LogP contribution in [0.4, 0.5) is 0 Å². The summed E-state index contributed by atoms with van der Waals surface area (Å²) in [6.07, 6.45) is 0.783. The van der Waals surface area contributed by atoms with E-state index in [-0.39, 0.29) is 0 Å². The molecule has 1 aromatic carbocycles. The number of nitrogens with one attached hydrogen (secondary N) is 1. The number of aromatic nitrogens is 2. The molecule has 21 heavy (non-hydrogen) atoms. The van der Waals surface area contributed by atoms with Crippen molar-refractivity contribution in [3.63, 3.8) is 0 Å². The molecule has 3 rings (SSSR count). The third kappa shape index (κ3) is 3.61. The summed E-state index contributed by atoms with van der Waals surface area (Å²) < 4.78 is 5.34. The highest BCUT2D eigenvalue weighted by molar-refractivity contribution is 6.30. The van der Waals surface area contributed by atoms with E-state index in [9.17, 15) is 0 Å². The minimum absolute atomic E-state index is 0.553. The van der Waals surface area contributed by atoms with Crippen molar-refractivity contribution in [2.75, 3.05) is 26.2 Å². The molecule has 5 nitrogen and oxygen atoms in total. The van der Waals surface area contributed by atoms with Crippen molar-refractivity contribution >= 4 is 11.6 Å². The van der Waals surface area contributed by atoms with Crippen LogP contribution in [0.1, 0.15) is 12.8 Å². The lowest BCUT2D eigenvalue weighted by atomic mass is 10.2. The normalized spacial score (nSPS) is 19.8. The van der Waals surface area contributed by atoms with Gasteiger partial charge in [-0.3, -0.25) is 4.90 Å². The van der Waals surface area contributed by atoms with Crippen LogP contribution in [0.2, 0.25) is 5.02 Å². The molecule has 1 fully saturated rings. The van der Waals surface area contributed by atoms with Gasteiger partial charge in [0.2, 0.25) is 11.7 Å². The van der Waals surface area contributed by atoms with Gasteiger partial charge in [0, 0.05) is 49.2 Å². The summed E-state index contributed by atoms with van der Waals surface area (Å²) in [5, 5.41) is 8.13. The minimum atomic E-state index is 0.553. The van der Waals surface area contributed by atoms with Crippen LogP contribution in [-0.2, 0) is 6.42 Å². The summed E-state index contributed by atoms with van der Waals surface area (Å²) in [5.41, 5.74) is 0.921. The molecule has 0 bridgehead atoms. The maximum atomic E-state index is 5.88. The third-order valence-corrected chi connectivity index (χ3v) is 4.07. The highest BCUT2D eigenvalue weighted by atomic mass is 35.5. The monoisotopic (exact) mass is 306 g/mol. The third-order valence-electron chi connectivity index (χ3n) is 3.82. The second-order valence-corrected chi connectivity index (χ2v) is 5.79. The van der Waals surface area contributed by atoms with E-state index in [1.54, 1.807) is 0 Å². The maximum Gasteiger partial charge on any atom is 0.228 e. The Hall–Kier alpha value is -1.43. The van der Waals surface area contributed by atoms with Crippen LogP contribution < -0.4 is 5.32 Å². The molecule has 1 aliphatic heterocycles. The molecule has 0 saturated carbocycles. The zero-order valence-corrected chi connectivity index (χ0v) is 12.8. The van der Waals surface area contributed by atoms with Gasteiger partial charge >= 0.3 is 0 Å². The first-order chi connectivity index (χ1) is 10.2. The van der Waals surface area contributed by atoms with E-state index < -0.39 is 0 Å². The summed E-state index contributed by atoms with van der Waals surface area (Å²) in [5.74, 6) is 1.31. The van der Waals surface area contributed by atoms with Gasteiger partial charge in [-0.1, -0.05) is 16.8 Å². The van der Waals surface area contributed by atoms with E-state index in [4.69, 9.17) is 16.1 Å². The van der Waals surface area contributed by atoms with Crippen molar-refractivity contribution < 1.29 is 4.52 Å². The second-order valence-electron chi connectivity index (χ2n) is 5.36. The Bertz CT molecular complexity index is 584. The fourth-order valence-corrected chi connectivity index (χ4v) is 2.65. The van der Waals surface area contributed by atoms with Gasteiger partial charge < -0.3 is 9.84 Å². The summed E-state index contributed by atoms with van der Waals surface area (Å²) in [6.45, 7) is 6.34. The molecule has 2 aromatic rings. The molecule has 1 aliphatic rings. The summed E-state index contributed by atoms with van der Waals surface area (Å²) in [4.78, 5) is 6.90. The van der Waals surface area contributed by atoms with Crippen LogP contribution in [-0.4, -0.2) is 47.3 Å². The molecular weight excluding hydrogens is 288 g/mol. The first kappa shape index (κ1) is 14.5. The average molecular weight is 307 g/mol. The van der Waals surface area contributed by atoms with Gasteiger partial charge in [-0.25, -0.2) is 0 Å². The molecule has 0 aliphatic carbocycles. The Morgan fingerprint density at radius 2 is 2.19 bits per heavy atom. The molecular formula is C15H19ClN4O. The molecule has 0 radical (unpaired) electrons. The zero-order valence-electron chi connectivity index (χ0n) is 12.1. The molecule has 1 atom stereocenters. The maximum absolute atomic E-state index is 5.88. The van der Waals surface area contributed by atoms with Crippen molar-refractivity contribution in [2.45, 2.75) is 19.4 Å². The van der Waals surface area contributed by atoms with Gasteiger partial charge in [-0.2, -0.15) is 4.98 Å². The standard InChI is InChI=1S/C15H19ClN4O/c1-11-10-17-7-9-20(11)8-6-14-18-15(19-21-14)12-2-4-13(16)5-3-12/h2-5,11,17H,6-10H2,1H3/t11-/m1/s1. The van der Waals surface area contributed by atoms with Gasteiger partial charge in [0.05, 0.1) is 0 Å². The van der Waals surface area contributed by atoms with Crippen LogP contribution in [0.5, 0.6) is 0 Å². The average Bonchev–Trinajstić information content (AvgIpc) is 2.96. The smallest absolute Gasteiger partial charge is 0.228 e. The highest BCUT2D eigenvalue weighted by Gasteiger charge is 2.18. The summed E-state index contributed by atoms with van der Waals surface area (Å²) in [7, 11) is 0. The Morgan fingerprint density at radius 3 is 2.95 bits per heavy atom. The molecule has 0 unspecified atom stereocenters. The zero-order chi connectivity index (χ0) is 14.7. The van der Waals surface area contributed by atoms with Crippen molar-refractivity contribution in [3.8, 4) is 11.4 Å². The molecule has 2 heterocycles. The van der Waals surface area contributed by atoms with E-state index in [1.165, 1.54) is 0 Å². The quantitative estimate of drug-likeness (QED) is 0.939. The number of hydrogen-bond donors (Lipinski definition) is 1. The second kappa shape index (κ2) is 6.56. The van der Waals surface area contributed by atoms with E-state index in [1.807, 2.05) is 24.3 Å². The number of hydrogen-bond acceptors (Lipinski definition) is 5. The fourth-order valence-electron chi connectivity index (χ4n) is 2.53. The first-order valence-electron chi connectivity index (χ1n) is 7.25. The number of halogens is 1. The first-order valence-corrected chi connectivity index (χ1v) is 7.63. The SMILES string of the molecule is C[C@@H]1CNCCN1CCc1nc(-c2ccc(Cl)cc2)no1. The predicted octanol–water partition coefficient (Wildman–Crippen LogP) is 2.23. The Kier molecular flexibility index (Phi) is 4.53. The van der Waals surface area contributed by atoms with Gasteiger partial charge in [0.25, 0.3) is 0 Å². The number of benzene rings is 1. The highest BCUT2D eigenvalue weighted by Crippen LogP contribution is 2.18. The largest absolute Gasteiger partial charge is 0.339 e. The lowest BCUT2D eigenvalue weighted by Crippen LogP contribution is -2.50. The molecule has 0 spiro atoms. The van der Waals surface area contributed by atoms with Gasteiger partial charge in [-0.05, 0) is 31.2 Å². The number of rotatable bonds is 4. The molecule has 1 saturated heterocycles. The Labute approximate surface area is 129 Å². The predicted molar refractivity (Wildman–Crippen MR) is 82.4 cm³/mol. The lowest BCUT2D eigenvalue weighted by Gasteiger charge is -2.33. The topological polar surface area (TPSA) is 54.2 Å². The summed E-state index contributed by atoms with van der Waals surface area (Å²) >= 11 is 5.88. The number of nitrogens with zero attached hydrogens (tertiary/aromatic N) is 3. The fraction of sp³-hybridized carbons (Fsp3) is 0.467. The van der Waals surface area contributed by atoms with Crippen molar-refractivity contribution in [2.24, 2.45) is 0 Å². The van der Waals surface area contributed by atoms with Gasteiger partial charge in [-0.15, -0.1) is 0 Å². The minimum Gasteiger partial charge on any atom is -0.339 e. The van der Waals surface area contributed by atoms with Crippen LogP contribution in [0.15, 0.2) is 28.8 Å². The van der Waals surface area contributed by atoms with Crippen molar-refractivity contribution in [1.29, 1.82) is 0 Å². The molecule has 6 heteroatoms. The van der Waals surface area contributed by atoms with E-state index in [0.29, 0.717) is 22.8 Å². The number of piperazine rings is 1. The molecule has 1 N–H and O–H groups in total. The van der Waals surface area contributed by atoms with Gasteiger partial charge in [0.1, 0.15) is 0 Å². The molecule has 1 aromatic heterocycles. The van der Waals surface area contributed by atoms with Crippen molar-refractivity contribution in [3.05, 3.63) is 35.2 Å². The van der Waals surface area contributed by atoms with Crippen LogP contribution in [0.25, 0.3) is 11.4 Å². The molecule has 0 amide bonds. The Morgan fingerprint density at radius 1 is 1.38 bits per heavy atom. The summed E-state index contributed by atoms with van der Waals surface area (Å²) in [6, 6.07) is 8.01.